The fourth-order valence-electron chi connectivity index (χ4n) is 1.78. The standard InChI is InChI=1S/C12H20N4O3S/c1-9(2)7-16(8-12(14)17)20(18,19)11-4-3-5-15-10(11)6-13/h3-5,9H,6-8,13H2,1-2H3,(H2,14,17). The molecule has 0 spiro atoms. The Morgan fingerprint density at radius 1 is 1.45 bits per heavy atom. The van der Waals surface area contributed by atoms with Gasteiger partial charge in [0.1, 0.15) is 4.90 Å². The fourth-order valence-corrected chi connectivity index (χ4v) is 3.53. The van der Waals surface area contributed by atoms with Crippen molar-refractivity contribution in [1.29, 1.82) is 0 Å². The van der Waals surface area contributed by atoms with Gasteiger partial charge in [0.25, 0.3) is 0 Å². The van der Waals surface area contributed by atoms with E-state index in [1.807, 2.05) is 13.8 Å². The van der Waals surface area contributed by atoms with Crippen LogP contribution in [-0.2, 0) is 21.4 Å². The van der Waals surface area contributed by atoms with Crippen LogP contribution < -0.4 is 11.5 Å². The summed E-state index contributed by atoms with van der Waals surface area (Å²) in [7, 11) is -3.84. The molecule has 0 radical (unpaired) electrons. The van der Waals surface area contributed by atoms with Gasteiger partial charge in [0.15, 0.2) is 0 Å². The molecule has 0 saturated heterocycles. The first-order chi connectivity index (χ1) is 9.28. The van der Waals surface area contributed by atoms with E-state index in [-0.39, 0.29) is 36.1 Å². The van der Waals surface area contributed by atoms with Crippen LogP contribution >= 0.6 is 0 Å². The van der Waals surface area contributed by atoms with Crippen molar-refractivity contribution in [2.45, 2.75) is 25.3 Å². The number of pyridine rings is 1. The summed E-state index contributed by atoms with van der Waals surface area (Å²) < 4.78 is 26.3. The second-order valence-corrected chi connectivity index (χ2v) is 6.72. The van der Waals surface area contributed by atoms with Crippen LogP contribution in [0, 0.1) is 5.92 Å². The van der Waals surface area contributed by atoms with E-state index in [1.54, 1.807) is 0 Å². The number of nitrogens with two attached hydrogens (primary N) is 2. The van der Waals surface area contributed by atoms with Gasteiger partial charge in [0.2, 0.25) is 15.9 Å². The molecule has 0 aromatic carbocycles. The lowest BCUT2D eigenvalue weighted by Crippen LogP contribution is -2.41. The Morgan fingerprint density at radius 2 is 2.10 bits per heavy atom. The molecule has 0 atom stereocenters. The van der Waals surface area contributed by atoms with E-state index in [9.17, 15) is 13.2 Å². The Balaban J connectivity index is 3.24. The molecule has 4 N–H and O–H groups in total. The average molecular weight is 300 g/mol. The molecule has 0 fully saturated rings. The number of sulfonamides is 1. The topological polar surface area (TPSA) is 119 Å². The third kappa shape index (κ3) is 3.99. The molecule has 1 aromatic rings. The molecule has 0 aliphatic carbocycles. The van der Waals surface area contributed by atoms with Crippen LogP contribution in [0.4, 0.5) is 0 Å². The molecule has 8 heteroatoms. The number of carbonyl (C=O) groups is 1. The van der Waals surface area contributed by atoms with Gasteiger partial charge in [0, 0.05) is 19.3 Å². The van der Waals surface area contributed by atoms with Gasteiger partial charge in [-0.05, 0) is 18.1 Å². The summed E-state index contributed by atoms with van der Waals surface area (Å²) in [6.45, 7) is 3.55. The summed E-state index contributed by atoms with van der Waals surface area (Å²) >= 11 is 0. The maximum atomic E-state index is 12.6. The van der Waals surface area contributed by atoms with E-state index in [0.717, 1.165) is 4.31 Å². The zero-order valence-electron chi connectivity index (χ0n) is 11.6. The lowest BCUT2D eigenvalue weighted by Gasteiger charge is -2.23. The van der Waals surface area contributed by atoms with Crippen LogP contribution in [0.15, 0.2) is 23.2 Å². The van der Waals surface area contributed by atoms with Crippen LogP contribution in [0.5, 0.6) is 0 Å². The van der Waals surface area contributed by atoms with Gasteiger partial charge in [0.05, 0.1) is 12.2 Å². The van der Waals surface area contributed by atoms with Gasteiger partial charge < -0.3 is 11.5 Å². The summed E-state index contributed by atoms with van der Waals surface area (Å²) in [6.07, 6.45) is 1.47. The quantitative estimate of drug-likeness (QED) is 0.714. The summed E-state index contributed by atoms with van der Waals surface area (Å²) in [5, 5.41) is 0. The maximum Gasteiger partial charge on any atom is 0.245 e. The molecule has 20 heavy (non-hydrogen) atoms. The normalized spacial score (nSPS) is 12.1. The monoisotopic (exact) mass is 300 g/mol. The third-order valence-corrected chi connectivity index (χ3v) is 4.45. The van der Waals surface area contributed by atoms with Crippen molar-refractivity contribution in [3.05, 3.63) is 24.0 Å². The van der Waals surface area contributed by atoms with Crippen molar-refractivity contribution < 1.29 is 13.2 Å². The second kappa shape index (κ2) is 6.78. The number of hydrogen-bond donors (Lipinski definition) is 2. The molecule has 112 valence electrons. The number of nitrogens with zero attached hydrogens (tertiary/aromatic N) is 2. The molecule has 0 bridgehead atoms. The van der Waals surface area contributed by atoms with Crippen LogP contribution in [0.1, 0.15) is 19.5 Å². The molecule has 7 nitrogen and oxygen atoms in total. The van der Waals surface area contributed by atoms with E-state index in [0.29, 0.717) is 0 Å². The summed E-state index contributed by atoms with van der Waals surface area (Å²) in [4.78, 5) is 15.1. The molecule has 0 unspecified atom stereocenters. The van der Waals surface area contributed by atoms with Crippen molar-refractivity contribution >= 4 is 15.9 Å². The smallest absolute Gasteiger partial charge is 0.245 e. The van der Waals surface area contributed by atoms with Gasteiger partial charge in [-0.1, -0.05) is 13.8 Å². The summed E-state index contributed by atoms with van der Waals surface area (Å²) in [5.41, 5.74) is 10.9. The first-order valence-electron chi connectivity index (χ1n) is 6.21. The molecule has 0 saturated carbocycles. The number of carbonyl (C=O) groups excluding carboxylic acids is 1. The molecule has 1 heterocycles. The zero-order chi connectivity index (χ0) is 15.3. The number of amides is 1. The van der Waals surface area contributed by atoms with Gasteiger partial charge in [-0.15, -0.1) is 0 Å². The Labute approximate surface area is 119 Å². The predicted octanol–water partition coefficient (Wildman–Crippen LogP) is -0.328. The van der Waals surface area contributed by atoms with E-state index in [2.05, 4.69) is 4.98 Å². The summed E-state index contributed by atoms with van der Waals surface area (Å²) in [5.74, 6) is -0.644. The highest BCUT2D eigenvalue weighted by atomic mass is 32.2. The molecule has 1 amide bonds. The highest BCUT2D eigenvalue weighted by Crippen LogP contribution is 2.19. The van der Waals surface area contributed by atoms with E-state index >= 15 is 0 Å². The van der Waals surface area contributed by atoms with Crippen molar-refractivity contribution in [2.24, 2.45) is 17.4 Å². The van der Waals surface area contributed by atoms with Crippen LogP contribution in [0.3, 0.4) is 0 Å². The Kier molecular flexibility index (Phi) is 5.61. The Bertz CT molecular complexity index is 572. The van der Waals surface area contributed by atoms with Gasteiger partial charge in [-0.25, -0.2) is 8.42 Å². The minimum atomic E-state index is -3.84. The number of hydrogen-bond acceptors (Lipinski definition) is 5. The minimum Gasteiger partial charge on any atom is -0.369 e. The van der Waals surface area contributed by atoms with Crippen LogP contribution in [0.25, 0.3) is 0 Å². The van der Waals surface area contributed by atoms with Crippen molar-refractivity contribution in [3.8, 4) is 0 Å². The highest BCUT2D eigenvalue weighted by molar-refractivity contribution is 7.89. The molecule has 0 aliphatic heterocycles. The SMILES string of the molecule is CC(C)CN(CC(N)=O)S(=O)(=O)c1cccnc1CN. The Hall–Kier alpha value is -1.51. The first kappa shape index (κ1) is 16.5. The van der Waals surface area contributed by atoms with E-state index in [4.69, 9.17) is 11.5 Å². The lowest BCUT2D eigenvalue weighted by molar-refractivity contribution is -0.118. The predicted molar refractivity (Wildman–Crippen MR) is 74.9 cm³/mol. The molecular formula is C12H20N4O3S. The average Bonchev–Trinajstić information content (AvgIpc) is 2.36. The first-order valence-corrected chi connectivity index (χ1v) is 7.65. The Morgan fingerprint density at radius 3 is 2.60 bits per heavy atom. The lowest BCUT2D eigenvalue weighted by atomic mass is 10.2. The van der Waals surface area contributed by atoms with Crippen molar-refractivity contribution in [2.75, 3.05) is 13.1 Å². The highest BCUT2D eigenvalue weighted by Gasteiger charge is 2.28. The zero-order valence-corrected chi connectivity index (χ0v) is 12.4. The second-order valence-electron chi connectivity index (χ2n) is 4.81. The number of rotatable bonds is 7. The van der Waals surface area contributed by atoms with Gasteiger partial charge in [-0.2, -0.15) is 4.31 Å². The number of primary amides is 1. The largest absolute Gasteiger partial charge is 0.369 e. The van der Waals surface area contributed by atoms with Gasteiger partial charge >= 0.3 is 0 Å². The fraction of sp³-hybridized carbons (Fsp3) is 0.500. The van der Waals surface area contributed by atoms with E-state index < -0.39 is 15.9 Å². The molecule has 1 aromatic heterocycles. The minimum absolute atomic E-state index is 0.00148. The van der Waals surface area contributed by atoms with Crippen molar-refractivity contribution in [3.63, 3.8) is 0 Å². The molecular weight excluding hydrogens is 280 g/mol. The van der Waals surface area contributed by atoms with E-state index in [1.165, 1.54) is 18.3 Å². The number of aromatic nitrogens is 1. The third-order valence-electron chi connectivity index (χ3n) is 2.56. The summed E-state index contributed by atoms with van der Waals surface area (Å²) in [6, 6.07) is 2.95. The van der Waals surface area contributed by atoms with Crippen molar-refractivity contribution in [1.82, 2.24) is 9.29 Å². The maximum absolute atomic E-state index is 12.6. The van der Waals surface area contributed by atoms with Gasteiger partial charge in [-0.3, -0.25) is 9.78 Å². The van der Waals surface area contributed by atoms with Crippen LogP contribution in [-0.4, -0.2) is 36.7 Å². The molecule has 0 aliphatic rings. The molecule has 1 rings (SSSR count). The van der Waals surface area contributed by atoms with Crippen LogP contribution in [0.2, 0.25) is 0 Å².